The molecule has 0 saturated heterocycles. The summed E-state index contributed by atoms with van der Waals surface area (Å²) in [7, 11) is -2.49. The first-order chi connectivity index (χ1) is 13.8. The molecule has 1 aliphatic rings. The minimum absolute atomic E-state index is 0.0694. The number of imidazole rings is 1. The number of rotatable bonds is 6. The van der Waals surface area contributed by atoms with E-state index in [0.29, 0.717) is 24.5 Å². The molecule has 0 radical (unpaired) electrons. The largest absolute Gasteiger partial charge is 0.358 e. The van der Waals surface area contributed by atoms with Gasteiger partial charge in [-0.3, -0.25) is 14.2 Å². The molecule has 0 atom stereocenters. The minimum Gasteiger partial charge on any atom is -0.358 e. The average Bonchev–Trinajstić information content (AvgIpc) is 3.10. The van der Waals surface area contributed by atoms with Crippen molar-refractivity contribution in [1.82, 2.24) is 24.1 Å². The Bertz CT molecular complexity index is 1030. The van der Waals surface area contributed by atoms with Crippen LogP contribution in [0, 0.1) is 0 Å². The molecule has 0 aliphatic carbocycles. The van der Waals surface area contributed by atoms with Crippen molar-refractivity contribution in [3.05, 3.63) is 42.0 Å². The van der Waals surface area contributed by atoms with Gasteiger partial charge in [0.25, 0.3) is 5.91 Å². The zero-order valence-electron chi connectivity index (χ0n) is 16.8. The molecule has 0 bridgehead atoms. The van der Waals surface area contributed by atoms with Crippen LogP contribution in [0.3, 0.4) is 0 Å². The van der Waals surface area contributed by atoms with E-state index < -0.39 is 15.9 Å². The average molecular weight is 420 g/mol. The van der Waals surface area contributed by atoms with Crippen LogP contribution < -0.4 is 5.32 Å². The number of nitrogens with zero attached hydrogens (tertiary/aromatic N) is 4. The Kier molecular flexibility index (Phi) is 6.04. The third-order valence-electron chi connectivity index (χ3n) is 4.90. The number of amides is 2. The number of hydrogen-bond acceptors (Lipinski definition) is 5. The Balaban J connectivity index is 2.17. The number of carbonyl (C=O) groups excluding carboxylic acids is 2. The Morgan fingerprint density at radius 1 is 1.24 bits per heavy atom. The number of benzene rings is 1. The summed E-state index contributed by atoms with van der Waals surface area (Å²) in [5.74, 6) is -0.687. The van der Waals surface area contributed by atoms with Crippen LogP contribution in [-0.4, -0.2) is 65.7 Å². The predicted molar refractivity (Wildman–Crippen MR) is 107 cm³/mol. The van der Waals surface area contributed by atoms with Crippen molar-refractivity contribution >= 4 is 21.8 Å². The number of aromatic nitrogens is 2. The molecule has 0 unspecified atom stereocenters. The van der Waals surface area contributed by atoms with Gasteiger partial charge in [-0.2, -0.15) is 4.31 Å². The van der Waals surface area contributed by atoms with Gasteiger partial charge in [-0.25, -0.2) is 13.4 Å². The Morgan fingerprint density at radius 2 is 1.97 bits per heavy atom. The molecule has 10 heteroatoms. The molecule has 1 aromatic carbocycles. The maximum Gasteiger partial charge on any atom is 0.274 e. The molecule has 2 heterocycles. The van der Waals surface area contributed by atoms with Crippen LogP contribution in [0.1, 0.15) is 36.5 Å². The summed E-state index contributed by atoms with van der Waals surface area (Å²) >= 11 is 0. The van der Waals surface area contributed by atoms with Crippen molar-refractivity contribution in [2.45, 2.75) is 31.7 Å². The van der Waals surface area contributed by atoms with E-state index in [0.717, 1.165) is 10.7 Å². The molecule has 29 heavy (non-hydrogen) atoms. The number of para-hydroxylation sites is 1. The van der Waals surface area contributed by atoms with E-state index in [9.17, 15) is 18.0 Å². The second-order valence-electron chi connectivity index (χ2n) is 6.71. The van der Waals surface area contributed by atoms with Gasteiger partial charge in [0.05, 0.1) is 24.5 Å². The highest BCUT2D eigenvalue weighted by Gasteiger charge is 2.36. The van der Waals surface area contributed by atoms with Gasteiger partial charge in [0.15, 0.2) is 5.69 Å². The lowest BCUT2D eigenvalue weighted by Gasteiger charge is -2.21. The number of nitrogens with one attached hydrogen (secondary N) is 1. The second-order valence-corrected chi connectivity index (χ2v) is 8.62. The first-order valence-electron chi connectivity index (χ1n) is 9.50. The molecule has 3 rings (SSSR count). The summed E-state index contributed by atoms with van der Waals surface area (Å²) in [6.07, 6.45) is 2.27. The van der Waals surface area contributed by atoms with Crippen LogP contribution in [0.25, 0.3) is 5.69 Å². The fraction of sp³-hybridized carbons (Fsp3) is 0.421. The minimum atomic E-state index is -3.94. The normalized spacial score (nSPS) is 15.1. The van der Waals surface area contributed by atoms with Crippen LogP contribution in [0.4, 0.5) is 0 Å². The maximum atomic E-state index is 13.2. The van der Waals surface area contributed by atoms with E-state index in [-0.39, 0.29) is 29.6 Å². The fourth-order valence-corrected chi connectivity index (χ4v) is 4.92. The van der Waals surface area contributed by atoms with Gasteiger partial charge in [-0.15, -0.1) is 0 Å². The summed E-state index contributed by atoms with van der Waals surface area (Å²) in [5.41, 5.74) is 1.06. The molecular formula is C19H25N5O4S. The first-order valence-corrected chi connectivity index (χ1v) is 10.9. The molecule has 2 aromatic rings. The monoisotopic (exact) mass is 419 g/mol. The summed E-state index contributed by atoms with van der Waals surface area (Å²) in [4.78, 5) is 31.1. The van der Waals surface area contributed by atoms with Gasteiger partial charge < -0.3 is 10.2 Å². The molecule has 1 N–H and O–H groups in total. The molecule has 9 nitrogen and oxygen atoms in total. The Morgan fingerprint density at radius 3 is 2.62 bits per heavy atom. The molecule has 2 amide bonds. The van der Waals surface area contributed by atoms with Crippen molar-refractivity contribution < 1.29 is 18.0 Å². The van der Waals surface area contributed by atoms with Gasteiger partial charge in [0.2, 0.25) is 15.9 Å². The molecule has 0 spiro atoms. The number of likely N-dealkylation sites (N-methyl/N-ethyl adjacent to an activating group) is 1. The third-order valence-corrected chi connectivity index (χ3v) is 6.74. The highest BCUT2D eigenvalue weighted by molar-refractivity contribution is 7.89. The van der Waals surface area contributed by atoms with Crippen molar-refractivity contribution in [1.29, 1.82) is 0 Å². The van der Waals surface area contributed by atoms with Crippen molar-refractivity contribution in [2.24, 2.45) is 0 Å². The number of carbonyl (C=O) groups is 2. The number of hydrogen-bond donors (Lipinski definition) is 1. The Labute approximate surface area is 170 Å². The zero-order chi connectivity index (χ0) is 21.2. The highest BCUT2D eigenvalue weighted by Crippen LogP contribution is 2.31. The first kappa shape index (κ1) is 21.0. The second kappa shape index (κ2) is 8.34. The number of sulfonamides is 1. The molecule has 1 aromatic heterocycles. The molecule has 0 fully saturated rings. The summed E-state index contributed by atoms with van der Waals surface area (Å²) in [5, 5.41) is 2.45. The van der Waals surface area contributed by atoms with Crippen LogP contribution in [0.15, 0.2) is 35.5 Å². The van der Waals surface area contributed by atoms with E-state index in [1.165, 1.54) is 19.4 Å². The summed E-state index contributed by atoms with van der Waals surface area (Å²) in [6.45, 7) is 4.50. The van der Waals surface area contributed by atoms with Gasteiger partial charge in [0, 0.05) is 20.1 Å². The van der Waals surface area contributed by atoms with Gasteiger partial charge in [0.1, 0.15) is 11.2 Å². The smallest absolute Gasteiger partial charge is 0.274 e. The quantitative estimate of drug-likeness (QED) is 0.752. The van der Waals surface area contributed by atoms with Gasteiger partial charge in [-0.1, -0.05) is 19.1 Å². The van der Waals surface area contributed by atoms with Crippen molar-refractivity contribution in [3.8, 4) is 5.69 Å². The standard InChI is InChI=1S/C19H25N5O4S/c1-4-10-22(5-2)19(26)18-15-11-23(12-17(25)20-3)29(27,28)16-9-7-6-8-14(16)24(15)13-21-18/h6-9,13H,4-5,10-12H2,1-3H3,(H,20,25). The van der Waals surface area contributed by atoms with Crippen molar-refractivity contribution in [2.75, 3.05) is 26.7 Å². The molecule has 156 valence electrons. The lowest BCUT2D eigenvalue weighted by Crippen LogP contribution is -2.39. The summed E-state index contributed by atoms with van der Waals surface area (Å²) < 4.78 is 29.2. The lowest BCUT2D eigenvalue weighted by molar-refractivity contribution is -0.120. The SMILES string of the molecule is CCCN(CC)C(=O)c1ncn2c1CN(CC(=O)NC)S(=O)(=O)c1ccccc1-2. The van der Waals surface area contributed by atoms with Crippen molar-refractivity contribution in [3.63, 3.8) is 0 Å². The maximum absolute atomic E-state index is 13.2. The van der Waals surface area contributed by atoms with Crippen LogP contribution in [-0.2, 0) is 21.4 Å². The van der Waals surface area contributed by atoms with E-state index in [1.54, 1.807) is 27.7 Å². The topological polar surface area (TPSA) is 105 Å². The van der Waals surface area contributed by atoms with E-state index >= 15 is 0 Å². The Hall–Kier alpha value is -2.72. The molecular weight excluding hydrogens is 394 g/mol. The summed E-state index contributed by atoms with van der Waals surface area (Å²) in [6, 6.07) is 6.51. The fourth-order valence-electron chi connectivity index (χ4n) is 3.38. The van der Waals surface area contributed by atoms with E-state index in [1.807, 2.05) is 13.8 Å². The van der Waals surface area contributed by atoms with E-state index in [2.05, 4.69) is 10.3 Å². The third kappa shape index (κ3) is 3.77. The molecule has 0 saturated carbocycles. The van der Waals surface area contributed by atoms with Gasteiger partial charge >= 0.3 is 0 Å². The van der Waals surface area contributed by atoms with Crippen LogP contribution >= 0.6 is 0 Å². The molecule has 1 aliphatic heterocycles. The lowest BCUT2D eigenvalue weighted by atomic mass is 10.2. The number of fused-ring (bicyclic) bond motifs is 3. The zero-order valence-corrected chi connectivity index (χ0v) is 17.6. The van der Waals surface area contributed by atoms with Gasteiger partial charge in [-0.05, 0) is 25.5 Å². The van der Waals surface area contributed by atoms with E-state index in [4.69, 9.17) is 0 Å². The van der Waals surface area contributed by atoms with Crippen LogP contribution in [0.2, 0.25) is 0 Å². The highest BCUT2D eigenvalue weighted by atomic mass is 32.2. The van der Waals surface area contributed by atoms with Crippen LogP contribution in [0.5, 0.6) is 0 Å². The predicted octanol–water partition coefficient (Wildman–Crippen LogP) is 0.995.